The highest BCUT2D eigenvalue weighted by atomic mass is 35.5. The summed E-state index contributed by atoms with van der Waals surface area (Å²) >= 11 is 0. The molecule has 1 unspecified atom stereocenters. The van der Waals surface area contributed by atoms with Crippen molar-refractivity contribution in [2.45, 2.75) is 38.6 Å². The van der Waals surface area contributed by atoms with E-state index in [0.717, 1.165) is 32.4 Å². The summed E-state index contributed by atoms with van der Waals surface area (Å²) in [7, 11) is 1.95. The van der Waals surface area contributed by atoms with Gasteiger partial charge in [0.25, 0.3) is 0 Å². The summed E-state index contributed by atoms with van der Waals surface area (Å²) in [4.78, 5) is 14.3. The summed E-state index contributed by atoms with van der Waals surface area (Å²) in [6.07, 6.45) is 3.75. The minimum absolute atomic E-state index is 0. The van der Waals surface area contributed by atoms with Gasteiger partial charge in [-0.05, 0) is 38.8 Å². The maximum absolute atomic E-state index is 12.3. The van der Waals surface area contributed by atoms with Crippen LogP contribution in [0.3, 0.4) is 0 Å². The summed E-state index contributed by atoms with van der Waals surface area (Å²) in [6.45, 7) is 3.93. The molecule has 1 aromatic rings. The van der Waals surface area contributed by atoms with Crippen molar-refractivity contribution in [2.24, 2.45) is 0 Å². The predicted octanol–water partition coefficient (Wildman–Crippen LogP) is 2.56. The average Bonchev–Trinajstić information content (AvgIpc) is 2.86. The first-order valence-corrected chi connectivity index (χ1v) is 7.20. The van der Waals surface area contributed by atoms with Crippen molar-refractivity contribution >= 4 is 18.3 Å². The van der Waals surface area contributed by atoms with Gasteiger partial charge < -0.3 is 10.2 Å². The number of hydrogen-bond acceptors (Lipinski definition) is 2. The molecule has 0 radical (unpaired) electrons. The molecule has 4 heteroatoms. The van der Waals surface area contributed by atoms with E-state index in [1.807, 2.05) is 7.05 Å². The number of nitrogens with zero attached hydrogens (tertiary/aromatic N) is 1. The first-order chi connectivity index (χ1) is 9.20. The van der Waals surface area contributed by atoms with E-state index >= 15 is 0 Å². The third-order valence-electron chi connectivity index (χ3n) is 3.89. The Morgan fingerprint density at radius 1 is 1.35 bits per heavy atom. The molecule has 1 saturated heterocycles. The zero-order valence-electron chi connectivity index (χ0n) is 12.4. The quantitative estimate of drug-likeness (QED) is 0.906. The molecule has 3 nitrogen and oxygen atoms in total. The molecule has 1 atom stereocenters. The van der Waals surface area contributed by atoms with Crippen LogP contribution in [0, 0.1) is 6.92 Å². The maximum atomic E-state index is 12.3. The molecule has 1 amide bonds. The van der Waals surface area contributed by atoms with Gasteiger partial charge in [0.1, 0.15) is 0 Å². The fourth-order valence-electron chi connectivity index (χ4n) is 2.76. The van der Waals surface area contributed by atoms with Crippen molar-refractivity contribution in [1.29, 1.82) is 0 Å². The monoisotopic (exact) mass is 296 g/mol. The van der Waals surface area contributed by atoms with Crippen LogP contribution in [0.1, 0.15) is 30.4 Å². The second-order valence-electron chi connectivity index (χ2n) is 5.43. The summed E-state index contributed by atoms with van der Waals surface area (Å²) in [5, 5.41) is 3.18. The van der Waals surface area contributed by atoms with Crippen LogP contribution < -0.4 is 5.32 Å². The van der Waals surface area contributed by atoms with Crippen molar-refractivity contribution in [1.82, 2.24) is 10.2 Å². The molecule has 20 heavy (non-hydrogen) atoms. The predicted molar refractivity (Wildman–Crippen MR) is 85.4 cm³/mol. The third-order valence-corrected chi connectivity index (χ3v) is 3.89. The number of carbonyl (C=O) groups is 1. The highest BCUT2D eigenvalue weighted by molar-refractivity contribution is 5.85. The van der Waals surface area contributed by atoms with Gasteiger partial charge in [0, 0.05) is 25.6 Å². The lowest BCUT2D eigenvalue weighted by Crippen LogP contribution is -2.40. The van der Waals surface area contributed by atoms with E-state index in [1.54, 1.807) is 0 Å². The van der Waals surface area contributed by atoms with Crippen molar-refractivity contribution in [3.05, 3.63) is 35.4 Å². The Bertz CT molecular complexity index is 419. The van der Waals surface area contributed by atoms with Crippen molar-refractivity contribution < 1.29 is 4.79 Å². The average molecular weight is 297 g/mol. The van der Waals surface area contributed by atoms with Crippen LogP contribution in [0.4, 0.5) is 0 Å². The Balaban J connectivity index is 0.00000200. The molecule has 0 aliphatic carbocycles. The minimum Gasteiger partial charge on any atom is -0.338 e. The summed E-state index contributed by atoms with van der Waals surface area (Å²) in [5.41, 5.74) is 2.52. The molecule has 1 aromatic carbocycles. The first-order valence-electron chi connectivity index (χ1n) is 7.20. The molecule has 0 spiro atoms. The van der Waals surface area contributed by atoms with E-state index in [2.05, 4.69) is 41.4 Å². The number of nitrogens with one attached hydrogen (secondary N) is 1. The molecule has 0 aromatic heterocycles. The number of likely N-dealkylation sites (tertiary alicyclic amines) is 1. The molecule has 2 rings (SSSR count). The fourth-order valence-corrected chi connectivity index (χ4v) is 2.76. The SMILES string of the molecule is CNCC1CCCN1C(=O)CCc1ccc(C)cc1.Cl. The normalized spacial score (nSPS) is 17.9. The summed E-state index contributed by atoms with van der Waals surface area (Å²) in [5.74, 6) is 0.304. The number of aryl methyl sites for hydroxylation is 2. The Hall–Kier alpha value is -1.06. The zero-order chi connectivity index (χ0) is 13.7. The first kappa shape index (κ1) is 17.0. The van der Waals surface area contributed by atoms with Crippen molar-refractivity contribution in [2.75, 3.05) is 20.1 Å². The van der Waals surface area contributed by atoms with Crippen LogP contribution in [0.5, 0.6) is 0 Å². The second-order valence-corrected chi connectivity index (χ2v) is 5.43. The molecule has 0 bridgehead atoms. The lowest BCUT2D eigenvalue weighted by Gasteiger charge is -2.24. The van der Waals surface area contributed by atoms with E-state index in [1.165, 1.54) is 11.1 Å². The number of carbonyl (C=O) groups excluding carboxylic acids is 1. The lowest BCUT2D eigenvalue weighted by atomic mass is 10.1. The van der Waals surface area contributed by atoms with Crippen LogP contribution in [-0.4, -0.2) is 37.0 Å². The van der Waals surface area contributed by atoms with Crippen LogP contribution in [0.2, 0.25) is 0 Å². The minimum atomic E-state index is 0. The summed E-state index contributed by atoms with van der Waals surface area (Å²) in [6, 6.07) is 8.87. The number of halogens is 1. The standard InChI is InChI=1S/C16H24N2O.ClH/c1-13-5-7-14(8-6-13)9-10-16(19)18-11-3-4-15(18)12-17-2;/h5-8,15,17H,3-4,9-12H2,1-2H3;1H. The van der Waals surface area contributed by atoms with Gasteiger partial charge in [-0.2, -0.15) is 0 Å². The van der Waals surface area contributed by atoms with Gasteiger partial charge in [0.2, 0.25) is 5.91 Å². The van der Waals surface area contributed by atoms with Crippen molar-refractivity contribution in [3.63, 3.8) is 0 Å². The number of benzene rings is 1. The molecule has 1 aliphatic rings. The molecule has 1 aliphatic heterocycles. The number of hydrogen-bond donors (Lipinski definition) is 1. The molecule has 1 heterocycles. The number of amides is 1. The molecule has 112 valence electrons. The maximum Gasteiger partial charge on any atom is 0.223 e. The number of likely N-dealkylation sites (N-methyl/N-ethyl adjacent to an activating group) is 1. The molecular formula is C16H25ClN2O. The largest absolute Gasteiger partial charge is 0.338 e. The van der Waals surface area contributed by atoms with Gasteiger partial charge in [-0.25, -0.2) is 0 Å². The van der Waals surface area contributed by atoms with Gasteiger partial charge in [-0.15, -0.1) is 12.4 Å². The van der Waals surface area contributed by atoms with E-state index < -0.39 is 0 Å². The molecule has 1 fully saturated rings. The van der Waals surface area contributed by atoms with Gasteiger partial charge in [0.05, 0.1) is 0 Å². The highest BCUT2D eigenvalue weighted by Crippen LogP contribution is 2.18. The molecule has 1 N–H and O–H groups in total. The van der Waals surface area contributed by atoms with Crippen molar-refractivity contribution in [3.8, 4) is 0 Å². The van der Waals surface area contributed by atoms with Crippen LogP contribution in [0.25, 0.3) is 0 Å². The van der Waals surface area contributed by atoms with E-state index in [0.29, 0.717) is 18.4 Å². The van der Waals surface area contributed by atoms with Crippen LogP contribution in [0.15, 0.2) is 24.3 Å². The van der Waals surface area contributed by atoms with Crippen LogP contribution >= 0.6 is 12.4 Å². The zero-order valence-corrected chi connectivity index (χ0v) is 13.2. The Morgan fingerprint density at radius 2 is 2.05 bits per heavy atom. The Kier molecular flexibility index (Phi) is 7.03. The smallest absolute Gasteiger partial charge is 0.223 e. The molecular weight excluding hydrogens is 272 g/mol. The van der Waals surface area contributed by atoms with Gasteiger partial charge in [0.15, 0.2) is 0 Å². The molecule has 0 saturated carbocycles. The highest BCUT2D eigenvalue weighted by Gasteiger charge is 2.27. The van der Waals surface area contributed by atoms with E-state index in [9.17, 15) is 4.79 Å². The topological polar surface area (TPSA) is 32.3 Å². The number of rotatable bonds is 5. The third kappa shape index (κ3) is 4.50. The Morgan fingerprint density at radius 3 is 2.70 bits per heavy atom. The summed E-state index contributed by atoms with van der Waals surface area (Å²) < 4.78 is 0. The Labute approximate surface area is 128 Å². The second kappa shape index (κ2) is 8.28. The van der Waals surface area contributed by atoms with Gasteiger partial charge >= 0.3 is 0 Å². The van der Waals surface area contributed by atoms with Gasteiger partial charge in [-0.3, -0.25) is 4.79 Å². The lowest BCUT2D eigenvalue weighted by molar-refractivity contribution is -0.131. The van der Waals surface area contributed by atoms with E-state index in [-0.39, 0.29) is 12.4 Å². The van der Waals surface area contributed by atoms with E-state index in [4.69, 9.17) is 0 Å². The van der Waals surface area contributed by atoms with Gasteiger partial charge in [-0.1, -0.05) is 29.8 Å². The fraction of sp³-hybridized carbons (Fsp3) is 0.562. The van der Waals surface area contributed by atoms with Crippen LogP contribution in [-0.2, 0) is 11.2 Å².